The zero-order chi connectivity index (χ0) is 15.0. The molecule has 0 radical (unpaired) electrons. The number of rotatable bonds is 6. The maximum Gasteiger partial charge on any atom is 0.127 e. The van der Waals surface area contributed by atoms with E-state index >= 15 is 0 Å². The van der Waals surface area contributed by atoms with Crippen molar-refractivity contribution in [1.29, 1.82) is 0 Å². The van der Waals surface area contributed by atoms with E-state index in [9.17, 15) is 0 Å². The van der Waals surface area contributed by atoms with Gasteiger partial charge in [-0.1, -0.05) is 26.8 Å². The Labute approximate surface area is 129 Å². The Morgan fingerprint density at radius 2 is 2.10 bits per heavy atom. The minimum absolute atomic E-state index is 0.503. The van der Waals surface area contributed by atoms with E-state index in [2.05, 4.69) is 36.9 Å². The van der Waals surface area contributed by atoms with Gasteiger partial charge in [-0.3, -0.25) is 4.90 Å². The molecule has 1 saturated heterocycles. The number of hydrogen-bond donors (Lipinski definition) is 0. The van der Waals surface area contributed by atoms with Crippen LogP contribution in [0.25, 0.3) is 6.08 Å². The van der Waals surface area contributed by atoms with Crippen molar-refractivity contribution in [2.45, 2.75) is 65.0 Å². The Hall–Kier alpha value is -1.09. The number of hydrogen-bond acceptors (Lipinski definition) is 2. The van der Waals surface area contributed by atoms with Gasteiger partial charge >= 0.3 is 0 Å². The van der Waals surface area contributed by atoms with E-state index in [4.69, 9.17) is 4.98 Å². The van der Waals surface area contributed by atoms with E-state index in [1.54, 1.807) is 0 Å². The monoisotopic (exact) mass is 287 g/mol. The highest BCUT2D eigenvalue weighted by Crippen LogP contribution is 2.57. The Bertz CT molecular complexity index is 525. The summed E-state index contributed by atoms with van der Waals surface area (Å²) in [6.45, 7) is 10.8. The van der Waals surface area contributed by atoms with E-state index in [1.807, 2.05) is 6.08 Å². The summed E-state index contributed by atoms with van der Waals surface area (Å²) in [6.07, 6.45) is 9.51. The highest BCUT2D eigenvalue weighted by Gasteiger charge is 2.52. The molecular weight excluding hydrogens is 258 g/mol. The smallest absolute Gasteiger partial charge is 0.127 e. The lowest BCUT2D eigenvalue weighted by molar-refractivity contribution is 0.293. The van der Waals surface area contributed by atoms with Crippen LogP contribution < -0.4 is 0 Å². The molecule has 1 unspecified atom stereocenters. The summed E-state index contributed by atoms with van der Waals surface area (Å²) in [6, 6.07) is 0.503. The summed E-state index contributed by atoms with van der Waals surface area (Å²) < 4.78 is 2.50. The SMILES string of the molecule is C=Cc1nc(C2CC3(CC3)CN2C)n(CCC)c1CCC. The minimum atomic E-state index is 0.503. The summed E-state index contributed by atoms with van der Waals surface area (Å²) in [4.78, 5) is 7.53. The first kappa shape index (κ1) is 14.8. The first-order valence-corrected chi connectivity index (χ1v) is 8.56. The zero-order valence-electron chi connectivity index (χ0n) is 13.9. The summed E-state index contributed by atoms with van der Waals surface area (Å²) in [5.74, 6) is 1.29. The third-order valence-corrected chi connectivity index (χ3v) is 5.26. The van der Waals surface area contributed by atoms with Crippen molar-refractivity contribution in [2.75, 3.05) is 13.6 Å². The lowest BCUT2D eigenvalue weighted by Crippen LogP contribution is -2.22. The molecule has 3 rings (SSSR count). The molecule has 3 heteroatoms. The van der Waals surface area contributed by atoms with E-state index in [1.165, 1.54) is 43.7 Å². The quantitative estimate of drug-likeness (QED) is 0.787. The van der Waals surface area contributed by atoms with Crippen LogP contribution in [0.15, 0.2) is 6.58 Å². The van der Waals surface area contributed by atoms with Gasteiger partial charge in [-0.2, -0.15) is 0 Å². The molecule has 2 aliphatic rings. The molecule has 1 aromatic heterocycles. The van der Waals surface area contributed by atoms with Crippen LogP contribution >= 0.6 is 0 Å². The van der Waals surface area contributed by atoms with E-state index in [0.717, 1.165) is 25.1 Å². The fourth-order valence-corrected chi connectivity index (χ4v) is 4.01. The molecule has 1 aliphatic carbocycles. The highest BCUT2D eigenvalue weighted by molar-refractivity contribution is 5.46. The lowest BCUT2D eigenvalue weighted by Gasteiger charge is -2.21. The standard InChI is InChI=1S/C18H29N3/c1-5-8-15-14(7-3)19-17(21(15)11-6-2)16-12-18(9-10-18)13-20(16)4/h7,16H,3,5-6,8-13H2,1-2,4H3. The molecule has 0 N–H and O–H groups in total. The summed E-state index contributed by atoms with van der Waals surface area (Å²) in [5, 5.41) is 0. The molecule has 2 heterocycles. The number of nitrogens with zero attached hydrogens (tertiary/aromatic N) is 3. The van der Waals surface area contributed by atoms with Crippen LogP contribution in [0.3, 0.4) is 0 Å². The van der Waals surface area contributed by atoms with Crippen molar-refractivity contribution in [3.05, 3.63) is 23.8 Å². The van der Waals surface area contributed by atoms with Crippen molar-refractivity contribution in [2.24, 2.45) is 5.41 Å². The molecule has 0 bridgehead atoms. The molecule has 2 fully saturated rings. The van der Waals surface area contributed by atoms with Crippen LogP contribution in [0, 0.1) is 5.41 Å². The molecule has 1 aromatic rings. The van der Waals surface area contributed by atoms with Crippen LogP contribution in [0.5, 0.6) is 0 Å². The van der Waals surface area contributed by atoms with Crippen LogP contribution in [0.4, 0.5) is 0 Å². The maximum absolute atomic E-state index is 4.99. The highest BCUT2D eigenvalue weighted by atomic mass is 15.2. The van der Waals surface area contributed by atoms with Crippen molar-refractivity contribution in [1.82, 2.24) is 14.5 Å². The Kier molecular flexibility index (Phi) is 3.96. The van der Waals surface area contributed by atoms with Gasteiger partial charge in [0, 0.05) is 18.8 Å². The predicted molar refractivity (Wildman–Crippen MR) is 88.3 cm³/mol. The second kappa shape index (κ2) is 5.60. The van der Waals surface area contributed by atoms with Gasteiger partial charge in [-0.15, -0.1) is 0 Å². The molecule has 1 atom stereocenters. The van der Waals surface area contributed by atoms with Crippen molar-refractivity contribution in [3.8, 4) is 0 Å². The molecule has 116 valence electrons. The third kappa shape index (κ3) is 2.57. The number of likely N-dealkylation sites (tertiary alicyclic amines) is 1. The summed E-state index contributed by atoms with van der Waals surface area (Å²) >= 11 is 0. The van der Waals surface area contributed by atoms with Gasteiger partial charge in [0.15, 0.2) is 0 Å². The van der Waals surface area contributed by atoms with Crippen LogP contribution in [0.1, 0.15) is 69.2 Å². The Balaban J connectivity index is 1.98. The molecule has 21 heavy (non-hydrogen) atoms. The number of imidazole rings is 1. The van der Waals surface area contributed by atoms with Crippen LogP contribution in [0.2, 0.25) is 0 Å². The maximum atomic E-state index is 4.99. The average Bonchev–Trinajstić information content (AvgIpc) is 3.02. The third-order valence-electron chi connectivity index (χ3n) is 5.26. The first-order chi connectivity index (χ1) is 10.1. The Morgan fingerprint density at radius 1 is 1.33 bits per heavy atom. The van der Waals surface area contributed by atoms with Gasteiger partial charge in [0.1, 0.15) is 5.82 Å². The largest absolute Gasteiger partial charge is 0.330 e. The van der Waals surface area contributed by atoms with Gasteiger partial charge in [-0.25, -0.2) is 4.98 Å². The topological polar surface area (TPSA) is 21.1 Å². The van der Waals surface area contributed by atoms with Crippen molar-refractivity contribution in [3.63, 3.8) is 0 Å². The summed E-state index contributed by atoms with van der Waals surface area (Å²) in [5.41, 5.74) is 3.14. The molecule has 1 spiro atoms. The minimum Gasteiger partial charge on any atom is -0.330 e. The van der Waals surface area contributed by atoms with Gasteiger partial charge < -0.3 is 4.57 Å². The fraction of sp³-hybridized carbons (Fsp3) is 0.722. The van der Waals surface area contributed by atoms with E-state index < -0.39 is 0 Å². The van der Waals surface area contributed by atoms with Gasteiger partial charge in [0.25, 0.3) is 0 Å². The molecule has 1 saturated carbocycles. The molecular formula is C18H29N3. The van der Waals surface area contributed by atoms with E-state index in [-0.39, 0.29) is 0 Å². The molecule has 1 aliphatic heterocycles. The number of aromatic nitrogens is 2. The van der Waals surface area contributed by atoms with Crippen LogP contribution in [-0.2, 0) is 13.0 Å². The molecule has 0 aromatic carbocycles. The van der Waals surface area contributed by atoms with Gasteiger partial charge in [0.05, 0.1) is 11.7 Å². The van der Waals surface area contributed by atoms with Crippen molar-refractivity contribution < 1.29 is 0 Å². The lowest BCUT2D eigenvalue weighted by atomic mass is 10.0. The predicted octanol–water partition coefficient (Wildman–Crippen LogP) is 4.05. The molecule has 3 nitrogen and oxygen atoms in total. The second-order valence-electron chi connectivity index (χ2n) is 7.04. The van der Waals surface area contributed by atoms with Gasteiger partial charge in [-0.05, 0) is 50.6 Å². The fourth-order valence-electron chi connectivity index (χ4n) is 4.01. The van der Waals surface area contributed by atoms with Crippen LogP contribution in [-0.4, -0.2) is 28.0 Å². The summed E-state index contributed by atoms with van der Waals surface area (Å²) in [7, 11) is 2.27. The normalized spacial score (nSPS) is 23.9. The van der Waals surface area contributed by atoms with Crippen molar-refractivity contribution >= 4 is 6.08 Å². The second-order valence-corrected chi connectivity index (χ2v) is 7.04. The molecule has 0 amide bonds. The van der Waals surface area contributed by atoms with E-state index in [0.29, 0.717) is 11.5 Å². The first-order valence-electron chi connectivity index (χ1n) is 8.56. The Morgan fingerprint density at radius 3 is 2.62 bits per heavy atom. The zero-order valence-corrected chi connectivity index (χ0v) is 13.9. The van der Waals surface area contributed by atoms with Gasteiger partial charge in [0.2, 0.25) is 0 Å². The average molecular weight is 287 g/mol.